The predicted molar refractivity (Wildman–Crippen MR) is 97.8 cm³/mol. The zero-order valence-corrected chi connectivity index (χ0v) is 15.3. The highest BCUT2D eigenvalue weighted by Gasteiger charge is 2.19. The number of hydrogen-bond donors (Lipinski definition) is 3. The lowest BCUT2D eigenvalue weighted by Crippen LogP contribution is -2.36. The highest BCUT2D eigenvalue weighted by atomic mass is 16.2. The van der Waals surface area contributed by atoms with E-state index in [0.29, 0.717) is 32.4 Å². The number of nitrogens with one attached hydrogen (secondary N) is 3. The number of amides is 3. The molecule has 6 nitrogen and oxygen atoms in total. The first-order valence-electron chi connectivity index (χ1n) is 8.71. The molecule has 0 bridgehead atoms. The minimum Gasteiger partial charge on any atom is -0.359 e. The molecule has 0 aliphatic rings. The minimum atomic E-state index is -0.218. The van der Waals surface area contributed by atoms with Gasteiger partial charge in [-0.15, -0.1) is 0 Å². The molecule has 0 aliphatic carbocycles. The monoisotopic (exact) mass is 347 g/mol. The average Bonchev–Trinajstić information content (AvgIpc) is 2.60. The van der Waals surface area contributed by atoms with E-state index in [1.54, 1.807) is 7.05 Å². The van der Waals surface area contributed by atoms with Crippen molar-refractivity contribution in [3.8, 4) is 0 Å². The first kappa shape index (κ1) is 20.7. The van der Waals surface area contributed by atoms with Crippen LogP contribution in [0.5, 0.6) is 0 Å². The molecule has 138 valence electrons. The van der Waals surface area contributed by atoms with Gasteiger partial charge in [0.25, 0.3) is 0 Å². The Morgan fingerprint density at radius 1 is 0.960 bits per heavy atom. The Labute approximate surface area is 149 Å². The Balaban J connectivity index is 2.55. The molecule has 3 amide bonds. The van der Waals surface area contributed by atoms with Crippen LogP contribution in [-0.4, -0.2) is 37.9 Å². The lowest BCUT2D eigenvalue weighted by Gasteiger charge is -2.18. The van der Waals surface area contributed by atoms with Gasteiger partial charge in [-0.3, -0.25) is 14.4 Å². The third-order valence-corrected chi connectivity index (χ3v) is 4.13. The molecule has 3 N–H and O–H groups in total. The highest BCUT2D eigenvalue weighted by Crippen LogP contribution is 2.13. The van der Waals surface area contributed by atoms with E-state index >= 15 is 0 Å². The molecule has 1 aromatic rings. The van der Waals surface area contributed by atoms with Crippen LogP contribution in [0, 0.1) is 11.8 Å². The maximum atomic E-state index is 12.5. The summed E-state index contributed by atoms with van der Waals surface area (Å²) in [6, 6.07) is 9.82. The minimum absolute atomic E-state index is 0.0271. The number of benzene rings is 1. The van der Waals surface area contributed by atoms with Crippen LogP contribution < -0.4 is 16.0 Å². The van der Waals surface area contributed by atoms with Crippen molar-refractivity contribution in [3.05, 3.63) is 35.9 Å². The van der Waals surface area contributed by atoms with Crippen LogP contribution in [-0.2, 0) is 20.8 Å². The largest absolute Gasteiger partial charge is 0.359 e. The maximum Gasteiger partial charge on any atom is 0.223 e. The SMILES string of the molecule is CNC(=O)[C@H](C)CCNC(=O)[C@@H](CCNC(C)=O)Cc1ccccc1. The molecule has 0 fully saturated rings. The quantitative estimate of drug-likeness (QED) is 0.595. The molecular weight excluding hydrogens is 318 g/mol. The van der Waals surface area contributed by atoms with Gasteiger partial charge in [-0.2, -0.15) is 0 Å². The van der Waals surface area contributed by atoms with Crippen molar-refractivity contribution >= 4 is 17.7 Å². The van der Waals surface area contributed by atoms with Crippen molar-refractivity contribution in [1.82, 2.24) is 16.0 Å². The molecule has 2 atom stereocenters. The van der Waals surface area contributed by atoms with Gasteiger partial charge >= 0.3 is 0 Å². The second kappa shape index (κ2) is 11.2. The normalized spacial score (nSPS) is 12.8. The van der Waals surface area contributed by atoms with E-state index in [2.05, 4.69) is 16.0 Å². The topological polar surface area (TPSA) is 87.3 Å². The van der Waals surface area contributed by atoms with Crippen LogP contribution in [0.25, 0.3) is 0 Å². The molecule has 25 heavy (non-hydrogen) atoms. The first-order chi connectivity index (χ1) is 11.9. The van der Waals surface area contributed by atoms with E-state index in [0.717, 1.165) is 5.56 Å². The van der Waals surface area contributed by atoms with Gasteiger partial charge < -0.3 is 16.0 Å². The van der Waals surface area contributed by atoms with Gasteiger partial charge in [-0.05, 0) is 24.8 Å². The number of carbonyl (C=O) groups excluding carboxylic acids is 3. The summed E-state index contributed by atoms with van der Waals surface area (Å²) in [5, 5.41) is 8.27. The maximum absolute atomic E-state index is 12.5. The molecule has 0 spiro atoms. The molecule has 1 rings (SSSR count). The van der Waals surface area contributed by atoms with Gasteiger partial charge in [0.2, 0.25) is 17.7 Å². The Kier molecular flexibility index (Phi) is 9.29. The fourth-order valence-corrected chi connectivity index (χ4v) is 2.58. The Morgan fingerprint density at radius 3 is 2.20 bits per heavy atom. The third kappa shape index (κ3) is 8.33. The van der Waals surface area contributed by atoms with Gasteiger partial charge in [0, 0.05) is 38.9 Å². The van der Waals surface area contributed by atoms with Crippen molar-refractivity contribution < 1.29 is 14.4 Å². The standard InChI is InChI=1S/C19H29N3O3/c1-14(18(24)20-3)9-11-22-19(25)17(10-12-21-15(2)23)13-16-7-5-4-6-8-16/h4-8,14,17H,9-13H2,1-3H3,(H,20,24)(H,21,23)(H,22,25)/t14-,17+/m1/s1. The van der Waals surface area contributed by atoms with Crippen molar-refractivity contribution in [2.45, 2.75) is 33.1 Å². The summed E-state index contributed by atoms with van der Waals surface area (Å²) in [6.45, 7) is 4.23. The van der Waals surface area contributed by atoms with E-state index in [1.165, 1.54) is 6.92 Å². The van der Waals surface area contributed by atoms with Gasteiger partial charge in [0.15, 0.2) is 0 Å². The molecule has 0 saturated heterocycles. The van der Waals surface area contributed by atoms with Crippen LogP contribution in [0.3, 0.4) is 0 Å². The Hall–Kier alpha value is -2.37. The van der Waals surface area contributed by atoms with E-state index in [9.17, 15) is 14.4 Å². The molecule has 0 heterocycles. The number of rotatable bonds is 10. The average molecular weight is 347 g/mol. The number of carbonyl (C=O) groups is 3. The van der Waals surface area contributed by atoms with Crippen LogP contribution >= 0.6 is 0 Å². The summed E-state index contributed by atoms with van der Waals surface area (Å²) in [5.74, 6) is -0.529. The van der Waals surface area contributed by atoms with E-state index in [4.69, 9.17) is 0 Å². The zero-order valence-electron chi connectivity index (χ0n) is 15.3. The smallest absolute Gasteiger partial charge is 0.223 e. The molecular formula is C19H29N3O3. The van der Waals surface area contributed by atoms with Crippen LogP contribution in [0.4, 0.5) is 0 Å². The van der Waals surface area contributed by atoms with Gasteiger partial charge in [0.1, 0.15) is 0 Å². The van der Waals surface area contributed by atoms with Crippen molar-refractivity contribution in [2.24, 2.45) is 11.8 Å². The summed E-state index contributed by atoms with van der Waals surface area (Å²) in [6.07, 6.45) is 1.79. The molecule has 1 aromatic carbocycles. The highest BCUT2D eigenvalue weighted by molar-refractivity contribution is 5.80. The molecule has 0 aliphatic heterocycles. The summed E-state index contributed by atoms with van der Waals surface area (Å²) >= 11 is 0. The van der Waals surface area contributed by atoms with Crippen LogP contribution in [0.15, 0.2) is 30.3 Å². The van der Waals surface area contributed by atoms with E-state index in [-0.39, 0.29) is 29.6 Å². The van der Waals surface area contributed by atoms with Crippen molar-refractivity contribution in [2.75, 3.05) is 20.1 Å². The summed E-state index contributed by atoms with van der Waals surface area (Å²) < 4.78 is 0. The van der Waals surface area contributed by atoms with Crippen LogP contribution in [0.1, 0.15) is 32.3 Å². The molecule has 0 unspecified atom stereocenters. The van der Waals surface area contributed by atoms with Crippen molar-refractivity contribution in [1.29, 1.82) is 0 Å². The van der Waals surface area contributed by atoms with E-state index < -0.39 is 0 Å². The zero-order chi connectivity index (χ0) is 18.7. The molecule has 0 aromatic heterocycles. The molecule has 6 heteroatoms. The first-order valence-corrected chi connectivity index (χ1v) is 8.71. The van der Waals surface area contributed by atoms with Crippen molar-refractivity contribution in [3.63, 3.8) is 0 Å². The molecule has 0 saturated carbocycles. The second-order valence-corrected chi connectivity index (χ2v) is 6.25. The molecule has 0 radical (unpaired) electrons. The van der Waals surface area contributed by atoms with Gasteiger partial charge in [0.05, 0.1) is 0 Å². The van der Waals surface area contributed by atoms with E-state index in [1.807, 2.05) is 37.3 Å². The number of hydrogen-bond acceptors (Lipinski definition) is 3. The fourth-order valence-electron chi connectivity index (χ4n) is 2.58. The fraction of sp³-hybridized carbons (Fsp3) is 0.526. The lowest BCUT2D eigenvalue weighted by molar-refractivity contribution is -0.127. The third-order valence-electron chi connectivity index (χ3n) is 4.13. The Morgan fingerprint density at radius 2 is 1.60 bits per heavy atom. The van der Waals surface area contributed by atoms with Crippen LogP contribution in [0.2, 0.25) is 0 Å². The van der Waals surface area contributed by atoms with Gasteiger partial charge in [-0.1, -0.05) is 37.3 Å². The summed E-state index contributed by atoms with van der Waals surface area (Å²) in [4.78, 5) is 35.1. The lowest BCUT2D eigenvalue weighted by atomic mass is 9.95. The second-order valence-electron chi connectivity index (χ2n) is 6.25. The predicted octanol–water partition coefficient (Wildman–Crippen LogP) is 1.26. The summed E-state index contributed by atoms with van der Waals surface area (Å²) in [7, 11) is 1.61. The summed E-state index contributed by atoms with van der Waals surface area (Å²) in [5.41, 5.74) is 1.09. The van der Waals surface area contributed by atoms with Gasteiger partial charge in [-0.25, -0.2) is 0 Å². The Bertz CT molecular complexity index is 560.